The number of carboxylic acids is 1. The molecule has 6 nitrogen and oxygen atoms in total. The molecule has 33 heavy (non-hydrogen) atoms. The van der Waals surface area contributed by atoms with Gasteiger partial charge >= 0.3 is 5.97 Å². The molecule has 0 unspecified atom stereocenters. The van der Waals surface area contributed by atoms with Crippen LogP contribution in [0.3, 0.4) is 0 Å². The van der Waals surface area contributed by atoms with Crippen LogP contribution in [0.25, 0.3) is 0 Å². The van der Waals surface area contributed by atoms with Crippen LogP contribution in [0.1, 0.15) is 45.9 Å². The Labute approximate surface area is 194 Å². The summed E-state index contributed by atoms with van der Waals surface area (Å²) in [6.07, 6.45) is 8.01. The lowest BCUT2D eigenvalue weighted by atomic mass is 9.93. The summed E-state index contributed by atoms with van der Waals surface area (Å²) in [4.78, 5) is 17.8. The first-order valence-electron chi connectivity index (χ1n) is 11.7. The molecule has 1 saturated carbocycles. The van der Waals surface area contributed by atoms with E-state index in [9.17, 15) is 9.90 Å². The predicted octanol–water partition coefficient (Wildman–Crippen LogP) is 4.80. The van der Waals surface area contributed by atoms with Gasteiger partial charge in [0.25, 0.3) is 0 Å². The number of hydrogen-bond acceptors (Lipinski definition) is 5. The minimum atomic E-state index is -0.954. The van der Waals surface area contributed by atoms with Crippen molar-refractivity contribution in [1.29, 1.82) is 0 Å². The van der Waals surface area contributed by atoms with Gasteiger partial charge in [-0.3, -0.25) is 4.98 Å². The number of benzene rings is 2. The Hall–Kier alpha value is -3.38. The van der Waals surface area contributed by atoms with E-state index in [4.69, 9.17) is 0 Å². The Bertz CT molecular complexity index is 1140. The smallest absolute Gasteiger partial charge is 0.337 e. The van der Waals surface area contributed by atoms with Crippen LogP contribution in [0.2, 0.25) is 0 Å². The molecular weight excluding hydrogens is 412 g/mol. The normalized spacial score (nSPS) is 17.3. The van der Waals surface area contributed by atoms with Gasteiger partial charge < -0.3 is 20.6 Å². The summed E-state index contributed by atoms with van der Waals surface area (Å²) in [6.45, 7) is 1.48. The highest BCUT2D eigenvalue weighted by Crippen LogP contribution is 2.34. The third-order valence-corrected chi connectivity index (χ3v) is 6.77. The maximum atomic E-state index is 11.5. The highest BCUT2D eigenvalue weighted by Gasteiger charge is 2.22. The molecule has 0 radical (unpaired) electrons. The SMILES string of the molecule is CN(c1ccc(CC2CC2)cc1)c1ccc2c(c1)CCN[C@@H]2CNc1cnccc1C(=O)O. The molecule has 1 aliphatic heterocycles. The van der Waals surface area contributed by atoms with Crippen LogP contribution in [0, 0.1) is 5.92 Å². The monoisotopic (exact) mass is 442 g/mol. The first kappa shape index (κ1) is 21.5. The number of rotatable bonds is 8. The molecule has 0 saturated heterocycles. The third-order valence-electron chi connectivity index (χ3n) is 6.77. The van der Waals surface area contributed by atoms with Crippen LogP contribution >= 0.6 is 0 Å². The summed E-state index contributed by atoms with van der Waals surface area (Å²) >= 11 is 0. The van der Waals surface area contributed by atoms with Crippen LogP contribution < -0.4 is 15.5 Å². The standard InChI is InChI=1S/C27H30N4O2/c1-31(21-6-4-19(5-7-21)14-18-2-3-18)22-8-9-23-20(15-22)10-13-29-26(23)17-30-25-16-28-12-11-24(25)27(32)33/h4-9,11-12,15-16,18,26,29-30H,2-3,10,13-14,17H2,1H3,(H,32,33)/t26-/m1/s1. The maximum absolute atomic E-state index is 11.5. The first-order chi connectivity index (χ1) is 16.1. The molecule has 1 aromatic heterocycles. The fraction of sp³-hybridized carbons (Fsp3) is 0.333. The summed E-state index contributed by atoms with van der Waals surface area (Å²) < 4.78 is 0. The number of carboxylic acid groups (broad SMARTS) is 1. The highest BCUT2D eigenvalue weighted by atomic mass is 16.4. The number of anilines is 3. The zero-order valence-electron chi connectivity index (χ0n) is 18.9. The predicted molar refractivity (Wildman–Crippen MR) is 132 cm³/mol. The second kappa shape index (κ2) is 9.24. The van der Waals surface area contributed by atoms with Crippen LogP contribution in [-0.2, 0) is 12.8 Å². The largest absolute Gasteiger partial charge is 0.478 e. The molecule has 2 aromatic carbocycles. The lowest BCUT2D eigenvalue weighted by Crippen LogP contribution is -2.34. The van der Waals surface area contributed by atoms with E-state index in [1.807, 2.05) is 0 Å². The van der Waals surface area contributed by atoms with Crippen LogP contribution in [0.15, 0.2) is 60.9 Å². The van der Waals surface area contributed by atoms with E-state index in [1.165, 1.54) is 59.6 Å². The summed E-state index contributed by atoms with van der Waals surface area (Å²) in [6, 6.07) is 17.2. The van der Waals surface area contributed by atoms with Gasteiger partial charge in [-0.25, -0.2) is 4.79 Å². The average Bonchev–Trinajstić information content (AvgIpc) is 3.66. The Morgan fingerprint density at radius 1 is 1.15 bits per heavy atom. The molecule has 6 heteroatoms. The molecule has 3 N–H and O–H groups in total. The van der Waals surface area contributed by atoms with Crippen molar-refractivity contribution in [3.05, 3.63) is 83.2 Å². The van der Waals surface area contributed by atoms with Gasteiger partial charge in [-0.1, -0.05) is 18.2 Å². The van der Waals surface area contributed by atoms with Crippen molar-refractivity contribution < 1.29 is 9.90 Å². The molecule has 2 aliphatic rings. The van der Waals surface area contributed by atoms with E-state index in [0.717, 1.165) is 18.9 Å². The fourth-order valence-electron chi connectivity index (χ4n) is 4.62. The number of pyridine rings is 1. The van der Waals surface area contributed by atoms with E-state index < -0.39 is 5.97 Å². The highest BCUT2D eigenvalue weighted by molar-refractivity contribution is 5.93. The molecule has 5 rings (SSSR count). The van der Waals surface area contributed by atoms with E-state index in [-0.39, 0.29) is 11.6 Å². The second-order valence-electron chi connectivity index (χ2n) is 9.12. The Balaban J connectivity index is 1.29. The van der Waals surface area contributed by atoms with E-state index in [1.54, 1.807) is 6.20 Å². The minimum absolute atomic E-state index is 0.108. The van der Waals surface area contributed by atoms with Crippen molar-refractivity contribution in [2.75, 3.05) is 30.4 Å². The summed E-state index contributed by atoms with van der Waals surface area (Å²) in [5.74, 6) is -0.0516. The third kappa shape index (κ3) is 4.86. The minimum Gasteiger partial charge on any atom is -0.478 e. The van der Waals surface area contributed by atoms with Gasteiger partial charge in [-0.05, 0) is 85.2 Å². The van der Waals surface area contributed by atoms with E-state index >= 15 is 0 Å². The number of fused-ring (bicyclic) bond motifs is 1. The molecule has 0 amide bonds. The molecule has 2 heterocycles. The van der Waals surface area contributed by atoms with Gasteiger partial charge in [0.05, 0.1) is 17.4 Å². The molecular formula is C27H30N4O2. The Morgan fingerprint density at radius 2 is 1.94 bits per heavy atom. The average molecular weight is 443 g/mol. The van der Waals surface area contributed by atoms with Crippen molar-refractivity contribution >= 4 is 23.0 Å². The molecule has 1 aliphatic carbocycles. The van der Waals surface area contributed by atoms with Crippen LogP contribution in [0.5, 0.6) is 0 Å². The summed E-state index contributed by atoms with van der Waals surface area (Å²) in [5, 5.41) is 16.2. The van der Waals surface area contributed by atoms with Crippen molar-refractivity contribution in [3.8, 4) is 0 Å². The summed E-state index contributed by atoms with van der Waals surface area (Å²) in [7, 11) is 2.12. The fourth-order valence-corrected chi connectivity index (χ4v) is 4.62. The Morgan fingerprint density at radius 3 is 2.70 bits per heavy atom. The van der Waals surface area contributed by atoms with E-state index in [2.05, 4.69) is 70.0 Å². The Kier molecular flexibility index (Phi) is 6.01. The molecule has 0 bridgehead atoms. The number of carbonyl (C=O) groups is 1. The lowest BCUT2D eigenvalue weighted by molar-refractivity contribution is 0.0697. The van der Waals surface area contributed by atoms with Gasteiger partial charge in [0.2, 0.25) is 0 Å². The van der Waals surface area contributed by atoms with Crippen molar-refractivity contribution in [2.45, 2.75) is 31.7 Å². The van der Waals surface area contributed by atoms with E-state index in [0.29, 0.717) is 12.2 Å². The van der Waals surface area contributed by atoms with Crippen molar-refractivity contribution in [1.82, 2.24) is 10.3 Å². The van der Waals surface area contributed by atoms with Gasteiger partial charge in [0.1, 0.15) is 0 Å². The second-order valence-corrected chi connectivity index (χ2v) is 9.12. The molecule has 170 valence electrons. The zero-order valence-corrected chi connectivity index (χ0v) is 18.9. The maximum Gasteiger partial charge on any atom is 0.337 e. The van der Waals surface area contributed by atoms with Crippen molar-refractivity contribution in [3.63, 3.8) is 0 Å². The number of aromatic nitrogens is 1. The van der Waals surface area contributed by atoms with Gasteiger partial charge in [-0.2, -0.15) is 0 Å². The van der Waals surface area contributed by atoms with Gasteiger partial charge in [-0.15, -0.1) is 0 Å². The topological polar surface area (TPSA) is 77.5 Å². The van der Waals surface area contributed by atoms with Gasteiger partial charge in [0, 0.05) is 37.2 Å². The van der Waals surface area contributed by atoms with Crippen LogP contribution in [0.4, 0.5) is 17.1 Å². The number of nitrogens with zero attached hydrogens (tertiary/aromatic N) is 2. The van der Waals surface area contributed by atoms with Crippen molar-refractivity contribution in [2.24, 2.45) is 5.92 Å². The summed E-state index contributed by atoms with van der Waals surface area (Å²) in [5.41, 5.74) is 7.17. The lowest BCUT2D eigenvalue weighted by Gasteiger charge is -2.29. The molecule has 1 atom stereocenters. The molecule has 1 fully saturated rings. The first-order valence-corrected chi connectivity index (χ1v) is 11.7. The quantitative estimate of drug-likeness (QED) is 0.465. The number of aromatic carboxylic acids is 1. The number of hydrogen-bond donors (Lipinski definition) is 3. The van der Waals surface area contributed by atoms with Crippen LogP contribution in [-0.4, -0.2) is 36.2 Å². The zero-order chi connectivity index (χ0) is 22.8. The molecule has 3 aromatic rings. The molecule has 0 spiro atoms. The number of nitrogens with one attached hydrogen (secondary N) is 2. The van der Waals surface area contributed by atoms with Gasteiger partial charge in [0.15, 0.2) is 0 Å².